The molecular formula is C24H29ClN6O2S. The van der Waals surface area contributed by atoms with Crippen molar-refractivity contribution in [3.8, 4) is 16.7 Å². The number of amides is 1. The number of nitrogens with zero attached hydrogens (tertiary/aromatic N) is 5. The molecule has 1 fully saturated rings. The van der Waals surface area contributed by atoms with Gasteiger partial charge in [0.15, 0.2) is 5.76 Å². The van der Waals surface area contributed by atoms with Gasteiger partial charge in [-0.05, 0) is 45.2 Å². The van der Waals surface area contributed by atoms with Crippen molar-refractivity contribution >= 4 is 28.8 Å². The predicted molar refractivity (Wildman–Crippen MR) is 132 cm³/mol. The summed E-state index contributed by atoms with van der Waals surface area (Å²) in [6.07, 6.45) is 3.23. The molecule has 0 spiro atoms. The average molecular weight is 501 g/mol. The van der Waals surface area contributed by atoms with Gasteiger partial charge in [0.25, 0.3) is 5.91 Å². The number of carbonyl (C=O) groups is 1. The molecule has 0 saturated carbocycles. The molecule has 3 aromatic heterocycles. The highest BCUT2D eigenvalue weighted by Gasteiger charge is 2.28. The van der Waals surface area contributed by atoms with Crippen LogP contribution < -0.4 is 5.32 Å². The third-order valence-corrected chi connectivity index (χ3v) is 7.37. The van der Waals surface area contributed by atoms with Crippen molar-refractivity contribution in [3.63, 3.8) is 0 Å². The summed E-state index contributed by atoms with van der Waals surface area (Å²) < 4.78 is 7.74. The number of hydrogen-bond donors (Lipinski definition) is 1. The van der Waals surface area contributed by atoms with Crippen molar-refractivity contribution in [1.29, 1.82) is 5.26 Å². The number of nitrogens with one attached hydrogen (secondary N) is 1. The summed E-state index contributed by atoms with van der Waals surface area (Å²) in [7, 11) is 0. The maximum Gasteiger partial charge on any atom is 0.271 e. The van der Waals surface area contributed by atoms with Gasteiger partial charge in [-0.1, -0.05) is 30.1 Å². The van der Waals surface area contributed by atoms with Crippen LogP contribution in [-0.2, 0) is 13.0 Å². The van der Waals surface area contributed by atoms with Gasteiger partial charge in [-0.2, -0.15) is 10.4 Å². The summed E-state index contributed by atoms with van der Waals surface area (Å²) in [6, 6.07) is 8.30. The molecular weight excluding hydrogens is 472 g/mol. The largest absolute Gasteiger partial charge is 0.355 e. The fraction of sp³-hybridized carbons (Fsp3) is 0.500. The van der Waals surface area contributed by atoms with Crippen molar-refractivity contribution in [1.82, 2.24) is 25.2 Å². The van der Waals surface area contributed by atoms with Crippen molar-refractivity contribution in [2.45, 2.75) is 65.1 Å². The normalized spacial score (nSPS) is 15.1. The Kier molecular flexibility index (Phi) is 7.71. The lowest BCUT2D eigenvalue weighted by molar-refractivity contribution is 0.0890. The minimum atomic E-state index is -0.261. The monoisotopic (exact) mass is 500 g/mol. The van der Waals surface area contributed by atoms with Gasteiger partial charge in [-0.15, -0.1) is 11.3 Å². The molecule has 8 nitrogen and oxygen atoms in total. The first-order valence-electron chi connectivity index (χ1n) is 11.7. The fourth-order valence-corrected chi connectivity index (χ4v) is 5.29. The quantitative estimate of drug-likeness (QED) is 0.480. The second-order valence-corrected chi connectivity index (χ2v) is 10.6. The predicted octanol–water partition coefficient (Wildman–Crippen LogP) is 4.73. The first-order chi connectivity index (χ1) is 16.4. The summed E-state index contributed by atoms with van der Waals surface area (Å²) in [4.78, 5) is 16.7. The summed E-state index contributed by atoms with van der Waals surface area (Å²) in [5, 5.41) is 21.8. The standard InChI is InChI=1S/C24H29ClN6O2S/c1-4-5-19-18(13-26)23(24(32)27-16-8-10-30(11-9-16)15(2)3)31(28-19)14-17-12-20(33-29-17)21-6-7-22(25)34-21/h6-7,12,15-16H,4-5,8-11,14H2,1-3H3,(H,27,32). The van der Waals surface area contributed by atoms with E-state index >= 15 is 0 Å². The van der Waals surface area contributed by atoms with E-state index in [-0.39, 0.29) is 18.5 Å². The van der Waals surface area contributed by atoms with Gasteiger partial charge in [0.2, 0.25) is 0 Å². The van der Waals surface area contributed by atoms with E-state index < -0.39 is 0 Å². The smallest absolute Gasteiger partial charge is 0.271 e. The van der Waals surface area contributed by atoms with Gasteiger partial charge < -0.3 is 14.7 Å². The average Bonchev–Trinajstić information content (AvgIpc) is 3.53. The summed E-state index contributed by atoms with van der Waals surface area (Å²) in [5.41, 5.74) is 1.89. The van der Waals surface area contributed by atoms with Gasteiger partial charge in [-0.25, -0.2) is 0 Å². The highest BCUT2D eigenvalue weighted by atomic mass is 35.5. The maximum absolute atomic E-state index is 13.4. The molecule has 0 unspecified atom stereocenters. The lowest BCUT2D eigenvalue weighted by Gasteiger charge is -2.34. The lowest BCUT2D eigenvalue weighted by atomic mass is 10.0. The zero-order chi connectivity index (χ0) is 24.2. The fourth-order valence-electron chi connectivity index (χ4n) is 4.30. The number of thiophene rings is 1. The number of halogens is 1. The molecule has 3 aromatic rings. The second-order valence-electron chi connectivity index (χ2n) is 8.85. The Balaban J connectivity index is 1.56. The van der Waals surface area contributed by atoms with Crippen LogP contribution in [0.1, 0.15) is 67.5 Å². The molecule has 34 heavy (non-hydrogen) atoms. The molecule has 180 valence electrons. The van der Waals surface area contributed by atoms with E-state index in [1.165, 1.54) is 11.3 Å². The first kappa shape index (κ1) is 24.5. The van der Waals surface area contributed by atoms with E-state index in [9.17, 15) is 10.1 Å². The van der Waals surface area contributed by atoms with E-state index in [0.29, 0.717) is 45.2 Å². The van der Waals surface area contributed by atoms with Crippen LogP contribution >= 0.6 is 22.9 Å². The Morgan fingerprint density at radius 3 is 2.76 bits per heavy atom. The van der Waals surface area contributed by atoms with Crippen LogP contribution in [0.15, 0.2) is 22.7 Å². The minimum Gasteiger partial charge on any atom is -0.355 e. The van der Waals surface area contributed by atoms with Crippen LogP contribution in [0.25, 0.3) is 10.6 Å². The number of nitriles is 1. The molecule has 0 radical (unpaired) electrons. The van der Waals surface area contributed by atoms with E-state index in [0.717, 1.165) is 37.2 Å². The molecule has 4 rings (SSSR count). The molecule has 1 N–H and O–H groups in total. The zero-order valence-electron chi connectivity index (χ0n) is 19.7. The summed E-state index contributed by atoms with van der Waals surface area (Å²) >= 11 is 7.44. The van der Waals surface area contributed by atoms with E-state index in [1.807, 2.05) is 25.1 Å². The molecule has 4 heterocycles. The van der Waals surface area contributed by atoms with Crippen LogP contribution in [0.5, 0.6) is 0 Å². The molecule has 0 aromatic carbocycles. The van der Waals surface area contributed by atoms with E-state index in [1.54, 1.807) is 4.68 Å². The zero-order valence-corrected chi connectivity index (χ0v) is 21.2. The molecule has 1 aliphatic rings. The number of rotatable bonds is 8. The van der Waals surface area contributed by atoms with Crippen LogP contribution in [0.2, 0.25) is 4.34 Å². The van der Waals surface area contributed by atoms with Gasteiger partial charge in [0.1, 0.15) is 23.0 Å². The summed E-state index contributed by atoms with van der Waals surface area (Å²) in [5.74, 6) is 0.347. The lowest BCUT2D eigenvalue weighted by Crippen LogP contribution is -2.47. The van der Waals surface area contributed by atoms with Crippen LogP contribution in [0.3, 0.4) is 0 Å². The Hall–Kier alpha value is -2.67. The van der Waals surface area contributed by atoms with Gasteiger partial charge >= 0.3 is 0 Å². The molecule has 1 aliphatic heterocycles. The number of aromatic nitrogens is 3. The van der Waals surface area contributed by atoms with Crippen molar-refractivity contribution < 1.29 is 9.32 Å². The van der Waals surface area contributed by atoms with Crippen LogP contribution in [0, 0.1) is 11.3 Å². The Morgan fingerprint density at radius 2 is 2.15 bits per heavy atom. The number of carbonyl (C=O) groups excluding carboxylic acids is 1. The Labute approximate surface area is 208 Å². The first-order valence-corrected chi connectivity index (χ1v) is 12.8. The minimum absolute atomic E-state index is 0.0780. The van der Waals surface area contributed by atoms with Crippen molar-refractivity contribution in [2.75, 3.05) is 13.1 Å². The van der Waals surface area contributed by atoms with E-state index in [4.69, 9.17) is 16.1 Å². The number of hydrogen-bond acceptors (Lipinski definition) is 7. The topological polar surface area (TPSA) is 100.0 Å². The Bertz CT molecular complexity index is 1180. The van der Waals surface area contributed by atoms with E-state index in [2.05, 4.69) is 40.4 Å². The van der Waals surface area contributed by atoms with Crippen LogP contribution in [-0.4, -0.2) is 50.9 Å². The number of likely N-dealkylation sites (tertiary alicyclic amines) is 1. The number of piperidine rings is 1. The maximum atomic E-state index is 13.4. The Morgan fingerprint density at radius 1 is 1.38 bits per heavy atom. The van der Waals surface area contributed by atoms with Gasteiger partial charge in [0.05, 0.1) is 21.5 Å². The molecule has 0 aliphatic carbocycles. The summed E-state index contributed by atoms with van der Waals surface area (Å²) in [6.45, 7) is 8.53. The van der Waals surface area contributed by atoms with Crippen molar-refractivity contribution in [3.05, 3.63) is 45.2 Å². The third-order valence-electron chi connectivity index (χ3n) is 6.12. The molecule has 0 bridgehead atoms. The van der Waals surface area contributed by atoms with Gasteiger partial charge in [0, 0.05) is 31.2 Å². The second kappa shape index (κ2) is 10.7. The van der Waals surface area contributed by atoms with Crippen LogP contribution in [0.4, 0.5) is 0 Å². The van der Waals surface area contributed by atoms with Crippen molar-refractivity contribution in [2.24, 2.45) is 0 Å². The number of aryl methyl sites for hydroxylation is 1. The highest BCUT2D eigenvalue weighted by molar-refractivity contribution is 7.19. The molecule has 1 saturated heterocycles. The molecule has 1 amide bonds. The SMILES string of the molecule is CCCc1nn(Cc2cc(-c3ccc(Cl)s3)on2)c(C(=O)NC2CCN(C(C)C)CC2)c1C#N. The molecule has 10 heteroatoms. The van der Waals surface area contributed by atoms with Gasteiger partial charge in [-0.3, -0.25) is 9.48 Å². The molecule has 0 atom stereocenters. The highest BCUT2D eigenvalue weighted by Crippen LogP contribution is 2.31. The third kappa shape index (κ3) is 5.35.